The fraction of sp³-hybridized carbons (Fsp3) is 1.00. The lowest BCUT2D eigenvalue weighted by Crippen LogP contribution is -2.39. The summed E-state index contributed by atoms with van der Waals surface area (Å²) in [4.78, 5) is 0. The molecule has 2 atom stereocenters. The molecule has 4 N–H and O–H groups in total. The topological polar surface area (TPSA) is 67.5 Å². The highest BCUT2D eigenvalue weighted by molar-refractivity contribution is 4.80. The molecule has 4 heteroatoms. The minimum absolute atomic E-state index is 0.113. The largest absolute Gasteiger partial charge is 0.389 e. The zero-order valence-corrected chi connectivity index (χ0v) is 6.62. The van der Waals surface area contributed by atoms with Gasteiger partial charge in [-0.2, -0.15) is 0 Å². The second kappa shape index (κ2) is 4.66. The molecular formula is C7H16N2O2. The van der Waals surface area contributed by atoms with Crippen LogP contribution in [-0.4, -0.2) is 43.6 Å². The molecule has 1 aliphatic rings. The Morgan fingerprint density at radius 2 is 2.36 bits per heavy atom. The van der Waals surface area contributed by atoms with E-state index in [1.165, 1.54) is 0 Å². The van der Waals surface area contributed by atoms with Crippen molar-refractivity contribution in [2.24, 2.45) is 5.73 Å². The van der Waals surface area contributed by atoms with Crippen molar-refractivity contribution in [2.75, 3.05) is 26.3 Å². The summed E-state index contributed by atoms with van der Waals surface area (Å²) in [5, 5.41) is 12.4. The summed E-state index contributed by atoms with van der Waals surface area (Å²) in [5.74, 6) is 0. The van der Waals surface area contributed by atoms with Crippen LogP contribution in [0.3, 0.4) is 0 Å². The normalized spacial score (nSPS) is 31.1. The van der Waals surface area contributed by atoms with E-state index in [0.29, 0.717) is 19.8 Å². The third kappa shape index (κ3) is 2.75. The molecule has 0 aliphatic carbocycles. The van der Waals surface area contributed by atoms with E-state index in [1.807, 2.05) is 0 Å². The van der Waals surface area contributed by atoms with Crippen LogP contribution < -0.4 is 11.1 Å². The Morgan fingerprint density at radius 1 is 1.55 bits per heavy atom. The Kier molecular flexibility index (Phi) is 3.79. The van der Waals surface area contributed by atoms with Gasteiger partial charge in [-0.1, -0.05) is 0 Å². The molecule has 0 saturated carbocycles. The van der Waals surface area contributed by atoms with Gasteiger partial charge in [-0.05, 0) is 19.5 Å². The van der Waals surface area contributed by atoms with Gasteiger partial charge in [0, 0.05) is 0 Å². The standard InChI is InChI=1S/C7H16N2O2/c8-2-1-3-9-6-4-11-5-7(6)10/h6-7,9-10H,1-5,8H2/t6-,7-/m1/s1. The second-order valence-electron chi connectivity index (χ2n) is 2.81. The van der Waals surface area contributed by atoms with E-state index in [9.17, 15) is 5.11 Å². The van der Waals surface area contributed by atoms with E-state index < -0.39 is 0 Å². The van der Waals surface area contributed by atoms with Gasteiger partial charge in [-0.3, -0.25) is 0 Å². The van der Waals surface area contributed by atoms with Crippen LogP contribution in [-0.2, 0) is 4.74 Å². The predicted octanol–water partition coefficient (Wildman–Crippen LogP) is -1.32. The van der Waals surface area contributed by atoms with Crippen molar-refractivity contribution in [1.82, 2.24) is 5.32 Å². The molecule has 0 amide bonds. The van der Waals surface area contributed by atoms with Crippen LogP contribution in [0.15, 0.2) is 0 Å². The summed E-state index contributed by atoms with van der Waals surface area (Å²) in [6.45, 7) is 2.63. The highest BCUT2D eigenvalue weighted by atomic mass is 16.5. The van der Waals surface area contributed by atoms with E-state index in [1.54, 1.807) is 0 Å². The van der Waals surface area contributed by atoms with Gasteiger partial charge in [0.05, 0.1) is 25.4 Å². The Labute approximate surface area is 66.7 Å². The van der Waals surface area contributed by atoms with Crippen molar-refractivity contribution >= 4 is 0 Å². The van der Waals surface area contributed by atoms with Crippen molar-refractivity contribution in [3.63, 3.8) is 0 Å². The number of nitrogens with two attached hydrogens (primary N) is 1. The molecule has 0 spiro atoms. The van der Waals surface area contributed by atoms with Crippen LogP contribution in [0.2, 0.25) is 0 Å². The van der Waals surface area contributed by atoms with Gasteiger partial charge in [-0.25, -0.2) is 0 Å². The molecule has 0 radical (unpaired) electrons. The lowest BCUT2D eigenvalue weighted by Gasteiger charge is -2.13. The molecule has 1 saturated heterocycles. The van der Waals surface area contributed by atoms with Gasteiger partial charge >= 0.3 is 0 Å². The highest BCUT2D eigenvalue weighted by Gasteiger charge is 2.24. The van der Waals surface area contributed by atoms with E-state index in [0.717, 1.165) is 13.0 Å². The molecule has 0 aromatic heterocycles. The molecule has 0 aromatic carbocycles. The van der Waals surface area contributed by atoms with Crippen molar-refractivity contribution < 1.29 is 9.84 Å². The summed E-state index contributed by atoms with van der Waals surface area (Å²) in [6, 6.07) is 0.113. The number of aliphatic hydroxyl groups is 1. The maximum absolute atomic E-state index is 9.27. The number of rotatable bonds is 4. The molecule has 1 heterocycles. The van der Waals surface area contributed by atoms with E-state index in [2.05, 4.69) is 5.32 Å². The van der Waals surface area contributed by atoms with Gasteiger partial charge in [0.1, 0.15) is 0 Å². The maximum atomic E-state index is 9.27. The average Bonchev–Trinajstić information content (AvgIpc) is 2.37. The number of ether oxygens (including phenoxy) is 1. The van der Waals surface area contributed by atoms with E-state index in [-0.39, 0.29) is 12.1 Å². The molecule has 0 aromatic rings. The first-order valence-electron chi connectivity index (χ1n) is 4.04. The SMILES string of the molecule is NCCCN[C@@H]1COC[C@H]1O. The van der Waals surface area contributed by atoms with Crippen LogP contribution in [0.25, 0.3) is 0 Å². The van der Waals surface area contributed by atoms with Crippen molar-refractivity contribution in [1.29, 1.82) is 0 Å². The zero-order chi connectivity index (χ0) is 8.10. The number of hydrogen-bond donors (Lipinski definition) is 3. The minimum atomic E-state index is -0.340. The first-order chi connectivity index (χ1) is 5.34. The Hall–Kier alpha value is -0.160. The molecule has 0 unspecified atom stereocenters. The molecular weight excluding hydrogens is 144 g/mol. The summed E-state index contributed by atoms with van der Waals surface area (Å²) in [6.07, 6.45) is 0.608. The van der Waals surface area contributed by atoms with E-state index >= 15 is 0 Å². The van der Waals surface area contributed by atoms with Crippen LogP contribution in [0.4, 0.5) is 0 Å². The molecule has 4 nitrogen and oxygen atoms in total. The Balaban J connectivity index is 2.05. The van der Waals surface area contributed by atoms with Gasteiger partial charge in [0.15, 0.2) is 0 Å². The lowest BCUT2D eigenvalue weighted by atomic mass is 10.2. The number of hydrogen-bond acceptors (Lipinski definition) is 4. The van der Waals surface area contributed by atoms with Gasteiger partial charge < -0.3 is 20.9 Å². The second-order valence-corrected chi connectivity index (χ2v) is 2.81. The van der Waals surface area contributed by atoms with Crippen LogP contribution in [0.5, 0.6) is 0 Å². The fourth-order valence-corrected chi connectivity index (χ4v) is 1.13. The first kappa shape index (κ1) is 8.93. The molecule has 1 rings (SSSR count). The molecule has 66 valence electrons. The Morgan fingerprint density at radius 3 is 2.91 bits per heavy atom. The summed E-state index contributed by atoms with van der Waals surface area (Å²) in [7, 11) is 0. The zero-order valence-electron chi connectivity index (χ0n) is 6.62. The molecule has 11 heavy (non-hydrogen) atoms. The summed E-state index contributed by atoms with van der Waals surface area (Å²) < 4.78 is 5.06. The smallest absolute Gasteiger partial charge is 0.0948 e. The van der Waals surface area contributed by atoms with Crippen LogP contribution in [0.1, 0.15) is 6.42 Å². The average molecular weight is 160 g/mol. The minimum Gasteiger partial charge on any atom is -0.389 e. The first-order valence-corrected chi connectivity index (χ1v) is 4.04. The van der Waals surface area contributed by atoms with Gasteiger partial charge in [-0.15, -0.1) is 0 Å². The third-order valence-corrected chi connectivity index (χ3v) is 1.84. The quantitative estimate of drug-likeness (QED) is 0.446. The van der Waals surface area contributed by atoms with Crippen molar-refractivity contribution in [3.8, 4) is 0 Å². The van der Waals surface area contributed by atoms with Gasteiger partial charge in [0.2, 0.25) is 0 Å². The highest BCUT2D eigenvalue weighted by Crippen LogP contribution is 2.04. The maximum Gasteiger partial charge on any atom is 0.0948 e. The Bertz CT molecular complexity index is 111. The van der Waals surface area contributed by atoms with E-state index in [4.69, 9.17) is 10.5 Å². The van der Waals surface area contributed by atoms with Crippen molar-refractivity contribution in [2.45, 2.75) is 18.6 Å². The third-order valence-electron chi connectivity index (χ3n) is 1.84. The van der Waals surface area contributed by atoms with Crippen molar-refractivity contribution in [3.05, 3.63) is 0 Å². The molecule has 1 aliphatic heterocycles. The van der Waals surface area contributed by atoms with Gasteiger partial charge in [0.25, 0.3) is 0 Å². The monoisotopic (exact) mass is 160 g/mol. The van der Waals surface area contributed by atoms with Crippen LogP contribution >= 0.6 is 0 Å². The molecule has 0 bridgehead atoms. The predicted molar refractivity (Wildman–Crippen MR) is 42.3 cm³/mol. The fourth-order valence-electron chi connectivity index (χ4n) is 1.13. The summed E-state index contributed by atoms with van der Waals surface area (Å²) in [5.41, 5.74) is 5.31. The molecule has 1 fully saturated rings. The summed E-state index contributed by atoms with van der Waals surface area (Å²) >= 11 is 0. The number of aliphatic hydroxyl groups excluding tert-OH is 1. The lowest BCUT2D eigenvalue weighted by molar-refractivity contribution is 0.122. The van der Waals surface area contributed by atoms with Crippen LogP contribution in [0, 0.1) is 0 Å². The number of nitrogens with one attached hydrogen (secondary N) is 1.